The molecule has 0 radical (unpaired) electrons. The number of sulfone groups is 1. The van der Waals surface area contributed by atoms with Crippen molar-refractivity contribution >= 4 is 32.1 Å². The molecule has 2 aromatic rings. The lowest BCUT2D eigenvalue weighted by Gasteiger charge is -2.17. The molecule has 1 aliphatic carbocycles. The van der Waals surface area contributed by atoms with Gasteiger partial charge in [0.1, 0.15) is 11.1 Å². The van der Waals surface area contributed by atoms with Gasteiger partial charge in [0, 0.05) is 11.3 Å². The molecule has 0 saturated carbocycles. The number of hydrogen-bond donors (Lipinski definition) is 1. The van der Waals surface area contributed by atoms with Crippen LogP contribution in [0, 0.1) is 24.2 Å². The van der Waals surface area contributed by atoms with Crippen molar-refractivity contribution in [2.24, 2.45) is 5.92 Å². The van der Waals surface area contributed by atoms with Crippen LogP contribution in [-0.4, -0.2) is 20.1 Å². The van der Waals surface area contributed by atoms with Gasteiger partial charge in [0.05, 0.1) is 16.2 Å². The summed E-state index contributed by atoms with van der Waals surface area (Å²) in [6, 6.07) is 8.96. The van der Waals surface area contributed by atoms with E-state index in [-0.39, 0.29) is 29.4 Å². The topological polar surface area (TPSA) is 87.0 Å². The Kier molecular flexibility index (Phi) is 6.21. The second-order valence-corrected chi connectivity index (χ2v) is 10.7. The molecule has 5 nitrogen and oxygen atoms in total. The third-order valence-corrected chi connectivity index (χ3v) is 8.06. The van der Waals surface area contributed by atoms with E-state index in [0.29, 0.717) is 16.5 Å². The van der Waals surface area contributed by atoms with Crippen LogP contribution < -0.4 is 5.32 Å². The summed E-state index contributed by atoms with van der Waals surface area (Å²) in [5, 5.41) is 12.9. The van der Waals surface area contributed by atoms with Gasteiger partial charge in [0.15, 0.2) is 9.84 Å². The van der Waals surface area contributed by atoms with Crippen molar-refractivity contribution in [2.75, 3.05) is 11.1 Å². The molecule has 1 aliphatic rings. The summed E-state index contributed by atoms with van der Waals surface area (Å²) in [7, 11) is -3.40. The average Bonchev–Trinajstić information content (AvgIpc) is 2.97. The molecule has 1 atom stereocenters. The summed E-state index contributed by atoms with van der Waals surface area (Å²) >= 11 is 1.48. The van der Waals surface area contributed by atoms with Crippen LogP contribution in [0.1, 0.15) is 47.8 Å². The average molecular weight is 417 g/mol. The maximum atomic E-state index is 12.4. The fraction of sp³-hybridized carbons (Fsp3) is 0.429. The molecule has 1 N–H and O–H groups in total. The minimum Gasteiger partial charge on any atom is -0.317 e. The largest absolute Gasteiger partial charge is 0.317 e. The van der Waals surface area contributed by atoms with Crippen LogP contribution in [0.15, 0.2) is 29.2 Å². The minimum atomic E-state index is -3.40. The van der Waals surface area contributed by atoms with Crippen molar-refractivity contribution in [2.45, 2.75) is 50.8 Å². The third-order valence-electron chi connectivity index (χ3n) is 5.07. The number of carbonyl (C=O) groups excluding carboxylic acids is 1. The second kappa shape index (κ2) is 8.46. The van der Waals surface area contributed by atoms with Gasteiger partial charge < -0.3 is 5.32 Å². The number of nitrogens with zero attached hydrogens (tertiary/aromatic N) is 1. The Hall–Kier alpha value is -2.17. The van der Waals surface area contributed by atoms with Gasteiger partial charge in [-0.2, -0.15) is 5.26 Å². The van der Waals surface area contributed by atoms with Gasteiger partial charge in [-0.1, -0.05) is 24.6 Å². The molecular weight excluding hydrogens is 392 g/mol. The number of benzene rings is 1. The smallest absolute Gasteiger partial charge is 0.225 e. The van der Waals surface area contributed by atoms with E-state index >= 15 is 0 Å². The number of amides is 1. The summed E-state index contributed by atoms with van der Waals surface area (Å²) in [6.07, 6.45) is 3.23. The Bertz CT molecular complexity index is 1020. The zero-order chi connectivity index (χ0) is 20.3. The predicted molar refractivity (Wildman–Crippen MR) is 111 cm³/mol. The van der Waals surface area contributed by atoms with E-state index in [1.807, 2.05) is 6.92 Å². The molecule has 1 aromatic carbocycles. The Morgan fingerprint density at radius 3 is 2.71 bits per heavy atom. The highest BCUT2D eigenvalue weighted by molar-refractivity contribution is 7.91. The van der Waals surface area contributed by atoms with E-state index in [4.69, 9.17) is 0 Å². The van der Waals surface area contributed by atoms with Crippen LogP contribution in [0.5, 0.6) is 0 Å². The molecule has 1 aromatic heterocycles. The first-order chi connectivity index (χ1) is 13.3. The summed E-state index contributed by atoms with van der Waals surface area (Å²) < 4.78 is 24.7. The number of nitriles is 1. The lowest BCUT2D eigenvalue weighted by Crippen LogP contribution is -2.14. The van der Waals surface area contributed by atoms with Crippen LogP contribution in [0.3, 0.4) is 0 Å². The molecule has 1 amide bonds. The highest BCUT2D eigenvalue weighted by Gasteiger charge is 2.24. The first kappa shape index (κ1) is 20.6. The number of aryl methyl sites for hydroxylation is 1. The number of anilines is 1. The highest BCUT2D eigenvalue weighted by Crippen LogP contribution is 2.39. The molecule has 0 unspecified atom stereocenters. The maximum Gasteiger partial charge on any atom is 0.225 e. The van der Waals surface area contributed by atoms with Crippen LogP contribution in [0.4, 0.5) is 5.00 Å². The van der Waals surface area contributed by atoms with Gasteiger partial charge in [0.2, 0.25) is 5.91 Å². The SMILES string of the molecule is Cc1ccc(S(=O)(=O)CCCC(=O)Nc2sc3c(c2C#N)CC[C@H](C)C3)cc1. The highest BCUT2D eigenvalue weighted by atomic mass is 32.2. The number of fused-ring (bicyclic) bond motifs is 1. The number of rotatable bonds is 6. The lowest BCUT2D eigenvalue weighted by atomic mass is 9.89. The van der Waals surface area contributed by atoms with Gasteiger partial charge in [-0.25, -0.2) is 8.42 Å². The molecule has 3 rings (SSSR count). The van der Waals surface area contributed by atoms with Crippen LogP contribution in [0.2, 0.25) is 0 Å². The molecule has 0 bridgehead atoms. The number of carbonyl (C=O) groups is 1. The summed E-state index contributed by atoms with van der Waals surface area (Å²) in [4.78, 5) is 13.8. The fourth-order valence-electron chi connectivity index (χ4n) is 3.43. The quantitative estimate of drug-likeness (QED) is 0.763. The van der Waals surface area contributed by atoms with Crippen LogP contribution in [0.25, 0.3) is 0 Å². The second-order valence-electron chi connectivity index (χ2n) is 7.45. The molecule has 148 valence electrons. The molecule has 7 heteroatoms. The number of thiophene rings is 1. The summed E-state index contributed by atoms with van der Waals surface area (Å²) in [5.41, 5.74) is 2.65. The van der Waals surface area contributed by atoms with Crippen molar-refractivity contribution in [1.29, 1.82) is 5.26 Å². The zero-order valence-corrected chi connectivity index (χ0v) is 17.8. The van der Waals surface area contributed by atoms with E-state index in [1.54, 1.807) is 24.3 Å². The molecule has 28 heavy (non-hydrogen) atoms. The Morgan fingerprint density at radius 2 is 2.04 bits per heavy atom. The Labute approximate surface area is 170 Å². The molecule has 0 aliphatic heterocycles. The van der Waals surface area contributed by atoms with E-state index in [2.05, 4.69) is 18.3 Å². The molecular formula is C21H24N2O3S2. The molecule has 0 fully saturated rings. The lowest BCUT2D eigenvalue weighted by molar-refractivity contribution is -0.116. The number of hydrogen-bond acceptors (Lipinski definition) is 5. The molecule has 0 saturated heterocycles. The number of nitrogens with one attached hydrogen (secondary N) is 1. The van der Waals surface area contributed by atoms with E-state index in [1.165, 1.54) is 16.2 Å². The monoisotopic (exact) mass is 416 g/mol. The first-order valence-electron chi connectivity index (χ1n) is 9.44. The van der Waals surface area contributed by atoms with E-state index in [9.17, 15) is 18.5 Å². The Balaban J connectivity index is 1.59. The zero-order valence-electron chi connectivity index (χ0n) is 16.1. The van der Waals surface area contributed by atoms with E-state index in [0.717, 1.165) is 30.4 Å². The van der Waals surface area contributed by atoms with Crippen LogP contribution >= 0.6 is 11.3 Å². The van der Waals surface area contributed by atoms with Crippen molar-refractivity contribution in [3.05, 3.63) is 45.8 Å². The Morgan fingerprint density at radius 1 is 1.32 bits per heavy atom. The van der Waals surface area contributed by atoms with Gasteiger partial charge in [-0.3, -0.25) is 4.79 Å². The summed E-state index contributed by atoms with van der Waals surface area (Å²) in [6.45, 7) is 4.10. The normalized spacial score (nSPS) is 16.2. The van der Waals surface area contributed by atoms with Gasteiger partial charge in [0.25, 0.3) is 0 Å². The standard InChI is InChI=1S/C21H24N2O3S2/c1-14-5-8-16(9-6-14)28(25,26)11-3-4-20(24)23-21-18(13-22)17-10-7-15(2)12-19(17)27-21/h5-6,8-9,15H,3-4,7,10-12H2,1-2H3,(H,23,24)/t15-/m0/s1. The van der Waals surface area contributed by atoms with Gasteiger partial charge in [-0.05, 0) is 56.2 Å². The minimum absolute atomic E-state index is 0.0763. The first-order valence-corrected chi connectivity index (χ1v) is 11.9. The molecule has 1 heterocycles. The third kappa shape index (κ3) is 4.62. The predicted octanol–water partition coefficient (Wildman–Crippen LogP) is 4.25. The van der Waals surface area contributed by atoms with Crippen molar-refractivity contribution in [1.82, 2.24) is 0 Å². The summed E-state index contributed by atoms with van der Waals surface area (Å²) in [5.74, 6) is 0.267. The molecule has 0 spiro atoms. The van der Waals surface area contributed by atoms with Gasteiger partial charge >= 0.3 is 0 Å². The van der Waals surface area contributed by atoms with Crippen LogP contribution in [-0.2, 0) is 27.5 Å². The van der Waals surface area contributed by atoms with E-state index < -0.39 is 9.84 Å². The van der Waals surface area contributed by atoms with Crippen molar-refractivity contribution in [3.8, 4) is 6.07 Å². The fourth-order valence-corrected chi connectivity index (χ4v) is 6.12. The van der Waals surface area contributed by atoms with Gasteiger partial charge in [-0.15, -0.1) is 11.3 Å². The maximum absolute atomic E-state index is 12.4. The van der Waals surface area contributed by atoms with Crippen molar-refractivity contribution < 1.29 is 13.2 Å². The van der Waals surface area contributed by atoms with Crippen molar-refractivity contribution in [3.63, 3.8) is 0 Å².